The molecule has 0 aromatic heterocycles. The van der Waals surface area contributed by atoms with Crippen LogP contribution in [0.1, 0.15) is 51.7 Å². The van der Waals surface area contributed by atoms with Gasteiger partial charge in [0.05, 0.1) is 30.8 Å². The fourth-order valence-corrected chi connectivity index (χ4v) is 6.90. The standard InChI is InChI=1S/C21H36N2O6Si/c1-8-22(9-2)30(6,7)13-11-10-12-21(24)29-16(3)17-14-19(27-4)20(28-5)15-18(17)23(25)26/h14-16H,8-13H2,1-7H3. The summed E-state index contributed by atoms with van der Waals surface area (Å²) in [6.07, 6.45) is 1.25. The summed E-state index contributed by atoms with van der Waals surface area (Å²) in [5.74, 6) is 0.255. The quantitative estimate of drug-likeness (QED) is 0.141. The van der Waals surface area contributed by atoms with Gasteiger partial charge in [-0.25, -0.2) is 0 Å². The monoisotopic (exact) mass is 440 g/mol. The van der Waals surface area contributed by atoms with Crippen molar-refractivity contribution < 1.29 is 23.9 Å². The van der Waals surface area contributed by atoms with E-state index in [4.69, 9.17) is 14.2 Å². The van der Waals surface area contributed by atoms with Crippen molar-refractivity contribution in [1.29, 1.82) is 0 Å². The lowest BCUT2D eigenvalue weighted by Gasteiger charge is -2.35. The summed E-state index contributed by atoms with van der Waals surface area (Å²) in [6, 6.07) is 3.91. The van der Waals surface area contributed by atoms with Gasteiger partial charge in [0.25, 0.3) is 5.69 Å². The van der Waals surface area contributed by atoms with Crippen LogP contribution in [0.5, 0.6) is 11.5 Å². The van der Waals surface area contributed by atoms with E-state index < -0.39 is 19.3 Å². The summed E-state index contributed by atoms with van der Waals surface area (Å²) in [7, 11) is 1.41. The summed E-state index contributed by atoms with van der Waals surface area (Å²) >= 11 is 0. The zero-order valence-corrected chi connectivity index (χ0v) is 20.3. The van der Waals surface area contributed by atoms with Crippen LogP contribution in [-0.2, 0) is 9.53 Å². The Morgan fingerprint density at radius 3 is 2.20 bits per heavy atom. The number of esters is 1. The van der Waals surface area contributed by atoms with E-state index in [1.807, 2.05) is 0 Å². The van der Waals surface area contributed by atoms with Crippen molar-refractivity contribution in [1.82, 2.24) is 4.57 Å². The van der Waals surface area contributed by atoms with Gasteiger partial charge in [0, 0.05) is 6.42 Å². The van der Waals surface area contributed by atoms with Gasteiger partial charge in [-0.15, -0.1) is 0 Å². The Morgan fingerprint density at radius 1 is 1.13 bits per heavy atom. The lowest BCUT2D eigenvalue weighted by molar-refractivity contribution is -0.386. The maximum absolute atomic E-state index is 12.3. The highest BCUT2D eigenvalue weighted by Gasteiger charge is 2.27. The molecule has 9 heteroatoms. The van der Waals surface area contributed by atoms with Crippen LogP contribution in [-0.4, -0.2) is 51.0 Å². The zero-order chi connectivity index (χ0) is 22.9. The lowest BCUT2D eigenvalue weighted by atomic mass is 10.1. The zero-order valence-electron chi connectivity index (χ0n) is 19.3. The van der Waals surface area contributed by atoms with Crippen molar-refractivity contribution in [3.63, 3.8) is 0 Å². The Morgan fingerprint density at radius 2 is 1.70 bits per heavy atom. The van der Waals surface area contributed by atoms with Gasteiger partial charge in [0.2, 0.25) is 0 Å². The minimum absolute atomic E-state index is 0.167. The third kappa shape index (κ3) is 6.98. The van der Waals surface area contributed by atoms with E-state index in [-0.39, 0.29) is 23.0 Å². The molecule has 170 valence electrons. The second kappa shape index (κ2) is 11.9. The molecule has 0 spiro atoms. The summed E-state index contributed by atoms with van der Waals surface area (Å²) in [4.78, 5) is 23.3. The molecule has 0 saturated carbocycles. The van der Waals surface area contributed by atoms with Gasteiger partial charge in [-0.1, -0.05) is 33.4 Å². The van der Waals surface area contributed by atoms with Crippen LogP contribution in [0.25, 0.3) is 0 Å². The fourth-order valence-electron chi connectivity index (χ4n) is 3.75. The highest BCUT2D eigenvalue weighted by atomic mass is 28.3. The van der Waals surface area contributed by atoms with Crippen molar-refractivity contribution in [2.45, 2.75) is 65.3 Å². The number of ether oxygens (including phenoxy) is 3. The van der Waals surface area contributed by atoms with Crippen LogP contribution in [0.2, 0.25) is 19.1 Å². The number of carbonyl (C=O) groups is 1. The largest absolute Gasteiger partial charge is 0.493 e. The van der Waals surface area contributed by atoms with Crippen molar-refractivity contribution in [3.8, 4) is 11.5 Å². The maximum atomic E-state index is 12.3. The molecule has 0 bridgehead atoms. The predicted octanol–water partition coefficient (Wildman–Crippen LogP) is 4.93. The van der Waals surface area contributed by atoms with Gasteiger partial charge in [0.15, 0.2) is 11.5 Å². The van der Waals surface area contributed by atoms with Gasteiger partial charge in [-0.05, 0) is 38.5 Å². The van der Waals surface area contributed by atoms with Crippen molar-refractivity contribution >= 4 is 19.9 Å². The molecular weight excluding hydrogens is 404 g/mol. The van der Waals surface area contributed by atoms with Crippen LogP contribution in [0.4, 0.5) is 5.69 Å². The van der Waals surface area contributed by atoms with E-state index in [2.05, 4.69) is 31.5 Å². The van der Waals surface area contributed by atoms with E-state index in [9.17, 15) is 14.9 Å². The number of nitrogens with zero attached hydrogens (tertiary/aromatic N) is 2. The molecule has 1 unspecified atom stereocenters. The first-order valence-corrected chi connectivity index (χ1v) is 13.6. The normalized spacial score (nSPS) is 12.5. The Labute approximate surface area is 180 Å². The van der Waals surface area contributed by atoms with Gasteiger partial charge in [-0.3, -0.25) is 14.9 Å². The first-order chi connectivity index (χ1) is 14.1. The number of unbranched alkanes of at least 4 members (excludes halogenated alkanes) is 1. The second-order valence-electron chi connectivity index (χ2n) is 7.85. The Bertz CT molecular complexity index is 722. The van der Waals surface area contributed by atoms with Gasteiger partial charge in [0.1, 0.15) is 14.3 Å². The Hall–Kier alpha value is -2.13. The van der Waals surface area contributed by atoms with Crippen LogP contribution in [0.15, 0.2) is 12.1 Å². The third-order valence-corrected chi connectivity index (χ3v) is 9.44. The number of rotatable bonds is 13. The highest BCUT2D eigenvalue weighted by molar-refractivity contribution is 6.74. The molecule has 1 aromatic carbocycles. The Balaban J connectivity index is 2.71. The summed E-state index contributed by atoms with van der Waals surface area (Å²) in [5.41, 5.74) is 0.112. The topological polar surface area (TPSA) is 91.1 Å². The summed E-state index contributed by atoms with van der Waals surface area (Å²) in [5, 5.41) is 11.5. The molecule has 0 aliphatic heterocycles. The average molecular weight is 441 g/mol. The minimum atomic E-state index is -1.45. The maximum Gasteiger partial charge on any atom is 0.306 e. The van der Waals surface area contributed by atoms with Crippen LogP contribution in [0, 0.1) is 10.1 Å². The molecular formula is C21H36N2O6Si. The fraction of sp³-hybridized carbons (Fsp3) is 0.667. The Kier molecular flexibility index (Phi) is 10.3. The molecule has 0 radical (unpaired) electrons. The second-order valence-corrected chi connectivity index (χ2v) is 12.6. The van der Waals surface area contributed by atoms with Crippen molar-refractivity contribution in [2.24, 2.45) is 0 Å². The number of benzene rings is 1. The molecule has 0 aliphatic rings. The SMILES string of the molecule is CCN(CC)[Si](C)(C)CCCCC(=O)OC(C)c1cc(OC)c(OC)cc1[N+](=O)[O-]. The van der Waals surface area contributed by atoms with Gasteiger partial charge in [-0.2, -0.15) is 0 Å². The van der Waals surface area contributed by atoms with E-state index >= 15 is 0 Å². The molecule has 0 heterocycles. The van der Waals surface area contributed by atoms with E-state index in [0.29, 0.717) is 12.2 Å². The van der Waals surface area contributed by atoms with Crippen molar-refractivity contribution in [2.75, 3.05) is 27.3 Å². The number of hydrogen-bond donors (Lipinski definition) is 0. The molecule has 0 amide bonds. The first kappa shape index (κ1) is 25.9. The predicted molar refractivity (Wildman–Crippen MR) is 120 cm³/mol. The van der Waals surface area contributed by atoms with Gasteiger partial charge < -0.3 is 18.8 Å². The smallest absolute Gasteiger partial charge is 0.306 e. The summed E-state index contributed by atoms with van der Waals surface area (Å²) in [6.45, 7) is 12.8. The van der Waals surface area contributed by atoms with E-state index in [1.165, 1.54) is 26.4 Å². The third-order valence-electron chi connectivity index (χ3n) is 5.51. The highest BCUT2D eigenvalue weighted by Crippen LogP contribution is 2.38. The molecule has 1 atom stereocenters. The number of nitro benzene ring substituents is 1. The summed E-state index contributed by atoms with van der Waals surface area (Å²) < 4.78 is 18.4. The van der Waals surface area contributed by atoms with Crippen LogP contribution < -0.4 is 9.47 Å². The number of carbonyl (C=O) groups excluding carboxylic acids is 1. The molecule has 1 aromatic rings. The van der Waals surface area contributed by atoms with Gasteiger partial charge >= 0.3 is 5.97 Å². The molecule has 0 aliphatic carbocycles. The number of hydrogen-bond acceptors (Lipinski definition) is 7. The molecule has 8 nitrogen and oxygen atoms in total. The average Bonchev–Trinajstić information content (AvgIpc) is 2.70. The molecule has 1 rings (SSSR count). The molecule has 0 N–H and O–H groups in total. The molecule has 0 fully saturated rings. The van der Waals surface area contributed by atoms with E-state index in [1.54, 1.807) is 6.92 Å². The number of methoxy groups -OCH3 is 2. The molecule has 30 heavy (non-hydrogen) atoms. The molecule has 0 saturated heterocycles. The minimum Gasteiger partial charge on any atom is -0.493 e. The lowest BCUT2D eigenvalue weighted by Crippen LogP contribution is -2.48. The number of nitro groups is 1. The van der Waals surface area contributed by atoms with Crippen LogP contribution >= 0.6 is 0 Å². The van der Waals surface area contributed by atoms with Crippen LogP contribution in [0.3, 0.4) is 0 Å². The van der Waals surface area contributed by atoms with E-state index in [0.717, 1.165) is 32.0 Å². The first-order valence-electron chi connectivity index (χ1n) is 10.5. The van der Waals surface area contributed by atoms with Crippen molar-refractivity contribution in [3.05, 3.63) is 27.8 Å².